The molecule has 20 heavy (non-hydrogen) atoms. The molecule has 0 N–H and O–H groups in total. The molecular formula is C16H14ClFN2. The second-order valence-corrected chi connectivity index (χ2v) is 5.12. The van der Waals surface area contributed by atoms with Crippen molar-refractivity contribution < 1.29 is 4.39 Å². The van der Waals surface area contributed by atoms with E-state index in [9.17, 15) is 4.39 Å². The number of aryl methyl sites for hydroxylation is 1. The first-order chi connectivity index (χ1) is 9.61. The van der Waals surface area contributed by atoms with E-state index >= 15 is 0 Å². The maximum atomic E-state index is 13.6. The summed E-state index contributed by atoms with van der Waals surface area (Å²) in [6, 6.07) is 10.6. The van der Waals surface area contributed by atoms with E-state index in [2.05, 4.69) is 18.0 Å². The van der Waals surface area contributed by atoms with Crippen molar-refractivity contribution in [3.63, 3.8) is 0 Å². The lowest BCUT2D eigenvalue weighted by molar-refractivity contribution is 0.629. The summed E-state index contributed by atoms with van der Waals surface area (Å²) >= 11 is 6.01. The zero-order valence-electron chi connectivity index (χ0n) is 11.3. The highest BCUT2D eigenvalue weighted by Gasteiger charge is 2.14. The van der Waals surface area contributed by atoms with Crippen molar-refractivity contribution in [2.75, 3.05) is 0 Å². The standard InChI is InChI=1S/C16H14ClFN2/c1-10-4-3-5-14(11(10)2)20-15-8-12(18)6-7-13(15)19-16(20)9-17/h3-8H,9H2,1-2H3. The minimum absolute atomic E-state index is 0.273. The fourth-order valence-corrected chi connectivity index (χ4v) is 2.61. The molecule has 0 saturated heterocycles. The molecule has 0 amide bonds. The molecule has 0 atom stereocenters. The van der Waals surface area contributed by atoms with Crippen LogP contribution in [0.3, 0.4) is 0 Å². The highest BCUT2D eigenvalue weighted by atomic mass is 35.5. The maximum Gasteiger partial charge on any atom is 0.129 e. The van der Waals surface area contributed by atoms with E-state index in [4.69, 9.17) is 11.6 Å². The molecule has 0 aliphatic rings. The van der Waals surface area contributed by atoms with Crippen LogP contribution >= 0.6 is 11.6 Å². The van der Waals surface area contributed by atoms with Gasteiger partial charge in [0, 0.05) is 6.07 Å². The molecule has 3 aromatic rings. The number of benzene rings is 2. The summed E-state index contributed by atoms with van der Waals surface area (Å²) in [6.45, 7) is 4.10. The van der Waals surface area contributed by atoms with Gasteiger partial charge in [-0.25, -0.2) is 9.37 Å². The van der Waals surface area contributed by atoms with Gasteiger partial charge in [-0.1, -0.05) is 12.1 Å². The number of aromatic nitrogens is 2. The van der Waals surface area contributed by atoms with Gasteiger partial charge in [0.15, 0.2) is 0 Å². The van der Waals surface area contributed by atoms with Crippen molar-refractivity contribution in [3.8, 4) is 5.69 Å². The third-order valence-electron chi connectivity index (χ3n) is 3.62. The quantitative estimate of drug-likeness (QED) is 0.634. The minimum atomic E-state index is -0.273. The maximum absolute atomic E-state index is 13.6. The molecule has 1 heterocycles. The van der Waals surface area contributed by atoms with Crippen molar-refractivity contribution in [2.24, 2.45) is 0 Å². The van der Waals surface area contributed by atoms with Gasteiger partial charge in [0.1, 0.15) is 11.6 Å². The van der Waals surface area contributed by atoms with Crippen molar-refractivity contribution in [3.05, 3.63) is 59.2 Å². The van der Waals surface area contributed by atoms with Crippen LogP contribution in [-0.4, -0.2) is 9.55 Å². The molecular weight excluding hydrogens is 275 g/mol. The average Bonchev–Trinajstić information content (AvgIpc) is 2.79. The van der Waals surface area contributed by atoms with Crippen molar-refractivity contribution >= 4 is 22.6 Å². The molecule has 3 rings (SSSR count). The molecule has 0 aliphatic carbocycles. The lowest BCUT2D eigenvalue weighted by atomic mass is 10.1. The fraction of sp³-hybridized carbons (Fsp3) is 0.188. The van der Waals surface area contributed by atoms with Crippen molar-refractivity contribution in [2.45, 2.75) is 19.7 Å². The Hall–Kier alpha value is -1.87. The Morgan fingerprint density at radius 1 is 1.20 bits per heavy atom. The number of hydrogen-bond acceptors (Lipinski definition) is 1. The van der Waals surface area contributed by atoms with Crippen LogP contribution < -0.4 is 0 Å². The lowest BCUT2D eigenvalue weighted by Gasteiger charge is -2.13. The van der Waals surface area contributed by atoms with E-state index in [1.54, 1.807) is 6.07 Å². The van der Waals surface area contributed by atoms with Crippen molar-refractivity contribution in [1.29, 1.82) is 0 Å². The number of rotatable bonds is 2. The largest absolute Gasteiger partial charge is 0.295 e. The van der Waals surface area contributed by atoms with Gasteiger partial charge >= 0.3 is 0 Å². The molecule has 102 valence electrons. The van der Waals surface area contributed by atoms with Crippen LogP contribution in [0.4, 0.5) is 4.39 Å². The van der Waals surface area contributed by atoms with Crippen LogP contribution in [0.25, 0.3) is 16.7 Å². The third-order valence-corrected chi connectivity index (χ3v) is 3.86. The molecule has 0 aliphatic heterocycles. The Bertz CT molecular complexity index is 793. The smallest absolute Gasteiger partial charge is 0.129 e. The van der Waals surface area contributed by atoms with Crippen LogP contribution in [0.2, 0.25) is 0 Å². The molecule has 0 bridgehead atoms. The highest BCUT2D eigenvalue weighted by molar-refractivity contribution is 6.17. The van der Waals surface area contributed by atoms with Gasteiger partial charge < -0.3 is 0 Å². The predicted molar refractivity (Wildman–Crippen MR) is 80.1 cm³/mol. The number of alkyl halides is 1. The van der Waals surface area contributed by atoms with Gasteiger partial charge in [-0.15, -0.1) is 11.6 Å². The molecule has 0 saturated carbocycles. The molecule has 4 heteroatoms. The van der Waals surface area contributed by atoms with Gasteiger partial charge in [0.05, 0.1) is 22.6 Å². The summed E-state index contributed by atoms with van der Waals surface area (Å²) < 4.78 is 15.5. The zero-order chi connectivity index (χ0) is 14.3. The normalized spacial score (nSPS) is 11.2. The summed E-state index contributed by atoms with van der Waals surface area (Å²) in [6.07, 6.45) is 0. The van der Waals surface area contributed by atoms with Crippen LogP contribution in [0.5, 0.6) is 0 Å². The zero-order valence-corrected chi connectivity index (χ0v) is 12.1. The van der Waals surface area contributed by atoms with Crippen LogP contribution in [-0.2, 0) is 5.88 Å². The summed E-state index contributed by atoms with van der Waals surface area (Å²) in [4.78, 5) is 4.48. The summed E-state index contributed by atoms with van der Waals surface area (Å²) in [5.41, 5.74) is 4.81. The Balaban J connectivity index is 2.39. The number of nitrogens with zero attached hydrogens (tertiary/aromatic N) is 2. The van der Waals surface area contributed by atoms with Gasteiger partial charge in [-0.2, -0.15) is 0 Å². The number of fused-ring (bicyclic) bond motifs is 1. The van der Waals surface area contributed by atoms with E-state index in [0.717, 1.165) is 28.1 Å². The molecule has 0 spiro atoms. The van der Waals surface area contributed by atoms with Crippen LogP contribution in [0.1, 0.15) is 17.0 Å². The van der Waals surface area contributed by atoms with Gasteiger partial charge in [-0.05, 0) is 43.2 Å². The molecule has 2 aromatic carbocycles. The van der Waals surface area contributed by atoms with Crippen LogP contribution in [0.15, 0.2) is 36.4 Å². The summed E-state index contributed by atoms with van der Waals surface area (Å²) in [5.74, 6) is 0.731. The Morgan fingerprint density at radius 2 is 2.00 bits per heavy atom. The van der Waals surface area contributed by atoms with E-state index in [-0.39, 0.29) is 11.7 Å². The third kappa shape index (κ3) is 1.98. The predicted octanol–water partition coefficient (Wildman–Crippen LogP) is 4.52. The van der Waals surface area contributed by atoms with Gasteiger partial charge in [0.2, 0.25) is 0 Å². The monoisotopic (exact) mass is 288 g/mol. The molecule has 0 fully saturated rings. The van der Waals surface area contributed by atoms with E-state index in [0.29, 0.717) is 0 Å². The summed E-state index contributed by atoms with van der Waals surface area (Å²) in [5, 5.41) is 0. The minimum Gasteiger partial charge on any atom is -0.295 e. The Kier molecular flexibility index (Phi) is 3.22. The first-order valence-electron chi connectivity index (χ1n) is 6.41. The van der Waals surface area contributed by atoms with Gasteiger partial charge in [0.25, 0.3) is 0 Å². The number of imidazole rings is 1. The van der Waals surface area contributed by atoms with Crippen molar-refractivity contribution in [1.82, 2.24) is 9.55 Å². The second kappa shape index (κ2) is 4.91. The fourth-order valence-electron chi connectivity index (χ4n) is 2.43. The van der Waals surface area contributed by atoms with E-state index in [1.165, 1.54) is 17.7 Å². The number of hydrogen-bond donors (Lipinski definition) is 0. The second-order valence-electron chi connectivity index (χ2n) is 4.85. The SMILES string of the molecule is Cc1cccc(-n2c(CCl)nc3ccc(F)cc32)c1C. The summed E-state index contributed by atoms with van der Waals surface area (Å²) in [7, 11) is 0. The van der Waals surface area contributed by atoms with Crippen LogP contribution in [0, 0.1) is 19.7 Å². The first kappa shape index (κ1) is 13.1. The van der Waals surface area contributed by atoms with E-state index in [1.807, 2.05) is 23.6 Å². The van der Waals surface area contributed by atoms with E-state index < -0.39 is 0 Å². The molecule has 1 aromatic heterocycles. The average molecular weight is 289 g/mol. The topological polar surface area (TPSA) is 17.8 Å². The molecule has 0 unspecified atom stereocenters. The Morgan fingerprint density at radius 3 is 2.75 bits per heavy atom. The van der Waals surface area contributed by atoms with Gasteiger partial charge in [-0.3, -0.25) is 4.57 Å². The number of halogens is 2. The highest BCUT2D eigenvalue weighted by Crippen LogP contribution is 2.26. The Labute approximate surface area is 121 Å². The molecule has 2 nitrogen and oxygen atoms in total. The first-order valence-corrected chi connectivity index (χ1v) is 6.94. The lowest BCUT2D eigenvalue weighted by Crippen LogP contribution is -2.02. The molecule has 0 radical (unpaired) electrons.